The molecule has 1 unspecified atom stereocenters. The van der Waals surface area contributed by atoms with Gasteiger partial charge in [-0.25, -0.2) is 4.98 Å². The van der Waals surface area contributed by atoms with Gasteiger partial charge >= 0.3 is 0 Å². The molecule has 0 saturated carbocycles. The average molecular weight is 250 g/mol. The van der Waals surface area contributed by atoms with Crippen LogP contribution in [0.1, 0.15) is 37.5 Å². The number of hydrogen-bond acceptors (Lipinski definition) is 4. The van der Waals surface area contributed by atoms with Crippen molar-refractivity contribution in [1.82, 2.24) is 14.5 Å². The van der Waals surface area contributed by atoms with Crippen LogP contribution in [0.2, 0.25) is 0 Å². The number of aryl methyl sites for hydroxylation is 1. The van der Waals surface area contributed by atoms with Crippen molar-refractivity contribution in [3.05, 3.63) is 23.1 Å². The zero-order valence-electron chi connectivity index (χ0n) is 10.6. The van der Waals surface area contributed by atoms with Crippen LogP contribution in [0.25, 0.3) is 0 Å². The highest BCUT2D eigenvalue weighted by atomic mass is 16.3. The van der Waals surface area contributed by atoms with Crippen LogP contribution in [-0.4, -0.2) is 33.4 Å². The quantitative estimate of drug-likeness (QED) is 0.763. The van der Waals surface area contributed by atoms with E-state index in [1.165, 1.54) is 6.42 Å². The summed E-state index contributed by atoms with van der Waals surface area (Å²) in [7, 11) is 1.80. The van der Waals surface area contributed by atoms with E-state index >= 15 is 0 Å². The lowest BCUT2D eigenvalue weighted by molar-refractivity contribution is -0.132. The Labute approximate surface area is 106 Å². The van der Waals surface area contributed by atoms with Crippen molar-refractivity contribution in [3.8, 4) is 0 Å². The number of likely N-dealkylation sites (tertiary alicyclic amines) is 1. The van der Waals surface area contributed by atoms with Crippen molar-refractivity contribution in [1.29, 1.82) is 0 Å². The fraction of sp³-hybridized carbons (Fsp3) is 0.667. The summed E-state index contributed by atoms with van der Waals surface area (Å²) in [5.41, 5.74) is 0. The van der Waals surface area contributed by atoms with Gasteiger partial charge in [-0.15, -0.1) is 0 Å². The molecule has 0 N–H and O–H groups in total. The fourth-order valence-electron chi connectivity index (χ4n) is 2.31. The van der Waals surface area contributed by atoms with Crippen LogP contribution in [0.3, 0.4) is 0 Å². The summed E-state index contributed by atoms with van der Waals surface area (Å²) in [4.78, 5) is 28.9. The summed E-state index contributed by atoms with van der Waals surface area (Å²) in [6, 6.07) is -0.681. The molecule has 1 aromatic rings. The van der Waals surface area contributed by atoms with Crippen LogP contribution < -0.4 is 0 Å². The monoisotopic (exact) mass is 250 g/mol. The van der Waals surface area contributed by atoms with Crippen LogP contribution >= 0.6 is 0 Å². The first-order chi connectivity index (χ1) is 8.72. The van der Waals surface area contributed by atoms with E-state index in [4.69, 9.17) is 0 Å². The van der Waals surface area contributed by atoms with Crippen molar-refractivity contribution in [2.75, 3.05) is 13.1 Å². The van der Waals surface area contributed by atoms with E-state index in [-0.39, 0.29) is 12.3 Å². The smallest absolute Gasteiger partial charge is 0.225 e. The molecule has 1 atom stereocenters. The van der Waals surface area contributed by atoms with Gasteiger partial charge in [-0.05, 0) is 19.3 Å². The standard InChI is InChI=1S/C12H18N4O2/c1-15-8-5-13-12(15)10(14-18)9-11(17)16-6-3-2-4-7-16/h5,8,10H,2-4,6-7,9H2,1H3. The third kappa shape index (κ3) is 2.75. The Morgan fingerprint density at radius 1 is 1.44 bits per heavy atom. The minimum atomic E-state index is -0.681. The average Bonchev–Trinajstić information content (AvgIpc) is 2.83. The van der Waals surface area contributed by atoms with E-state index in [0.29, 0.717) is 5.82 Å². The molecule has 6 nitrogen and oxygen atoms in total. The van der Waals surface area contributed by atoms with Gasteiger partial charge in [-0.2, -0.15) is 4.91 Å². The molecule has 2 rings (SSSR count). The summed E-state index contributed by atoms with van der Waals surface area (Å²) in [6.45, 7) is 1.59. The number of carbonyl (C=O) groups excluding carboxylic acids is 1. The number of amides is 1. The van der Waals surface area contributed by atoms with Gasteiger partial charge < -0.3 is 9.47 Å². The summed E-state index contributed by atoms with van der Waals surface area (Å²) in [5, 5.41) is 3.05. The largest absolute Gasteiger partial charge is 0.343 e. The minimum absolute atomic E-state index is 0.00213. The summed E-state index contributed by atoms with van der Waals surface area (Å²) < 4.78 is 1.73. The van der Waals surface area contributed by atoms with Crippen molar-refractivity contribution in [2.45, 2.75) is 31.7 Å². The highest BCUT2D eigenvalue weighted by Gasteiger charge is 2.24. The molecule has 1 aliphatic rings. The molecule has 1 aromatic heterocycles. The van der Waals surface area contributed by atoms with Crippen LogP contribution in [-0.2, 0) is 11.8 Å². The second-order valence-electron chi connectivity index (χ2n) is 4.66. The molecule has 98 valence electrons. The Morgan fingerprint density at radius 2 is 2.17 bits per heavy atom. The highest BCUT2D eigenvalue weighted by Crippen LogP contribution is 2.21. The van der Waals surface area contributed by atoms with E-state index in [9.17, 15) is 9.70 Å². The number of hydrogen-bond donors (Lipinski definition) is 0. The molecular weight excluding hydrogens is 232 g/mol. The number of nitroso groups, excluding NO2 is 1. The molecule has 0 radical (unpaired) electrons. The van der Waals surface area contributed by atoms with Crippen LogP contribution in [0.4, 0.5) is 0 Å². The lowest BCUT2D eigenvalue weighted by Gasteiger charge is -2.27. The van der Waals surface area contributed by atoms with E-state index in [1.807, 2.05) is 4.90 Å². The lowest BCUT2D eigenvalue weighted by Crippen LogP contribution is -2.36. The number of aromatic nitrogens is 2. The first kappa shape index (κ1) is 12.7. The van der Waals surface area contributed by atoms with Gasteiger partial charge in [-0.1, -0.05) is 5.18 Å². The Bertz CT molecular complexity index is 423. The van der Waals surface area contributed by atoms with Gasteiger partial charge in [0.05, 0.1) is 6.42 Å². The van der Waals surface area contributed by atoms with Crippen LogP contribution in [0, 0.1) is 4.91 Å². The maximum atomic E-state index is 12.1. The molecule has 1 amide bonds. The lowest BCUT2D eigenvalue weighted by atomic mass is 10.1. The Hall–Kier alpha value is -1.72. The molecule has 0 aromatic carbocycles. The third-order valence-electron chi connectivity index (χ3n) is 3.36. The van der Waals surface area contributed by atoms with Gasteiger partial charge in [0, 0.05) is 32.5 Å². The SMILES string of the molecule is Cn1ccnc1C(CC(=O)N1CCCCC1)N=O. The molecule has 0 bridgehead atoms. The van der Waals surface area contributed by atoms with Crippen LogP contribution in [0.5, 0.6) is 0 Å². The number of rotatable bonds is 4. The molecule has 1 fully saturated rings. The summed E-state index contributed by atoms with van der Waals surface area (Å²) in [5.74, 6) is 0.553. The van der Waals surface area contributed by atoms with Gasteiger partial charge in [0.15, 0.2) is 6.04 Å². The predicted octanol–water partition coefficient (Wildman–Crippen LogP) is 1.63. The first-order valence-electron chi connectivity index (χ1n) is 6.30. The predicted molar refractivity (Wildman–Crippen MR) is 66.8 cm³/mol. The number of piperidine rings is 1. The molecule has 0 spiro atoms. The minimum Gasteiger partial charge on any atom is -0.343 e. The van der Waals surface area contributed by atoms with Crippen LogP contribution in [0.15, 0.2) is 17.6 Å². The molecule has 0 aliphatic carbocycles. The maximum Gasteiger partial charge on any atom is 0.225 e. The molecule has 18 heavy (non-hydrogen) atoms. The third-order valence-corrected chi connectivity index (χ3v) is 3.36. The second kappa shape index (κ2) is 5.75. The van der Waals surface area contributed by atoms with Crippen molar-refractivity contribution < 1.29 is 4.79 Å². The zero-order valence-corrected chi connectivity index (χ0v) is 10.6. The summed E-state index contributed by atoms with van der Waals surface area (Å²) >= 11 is 0. The molecule has 1 saturated heterocycles. The highest BCUT2D eigenvalue weighted by molar-refractivity contribution is 5.77. The van der Waals surface area contributed by atoms with Gasteiger partial charge in [0.25, 0.3) is 0 Å². The molecular formula is C12H18N4O2. The fourth-order valence-corrected chi connectivity index (χ4v) is 2.31. The Balaban J connectivity index is 2.00. The van der Waals surface area contributed by atoms with Crippen molar-refractivity contribution >= 4 is 5.91 Å². The van der Waals surface area contributed by atoms with Gasteiger partial charge in [-0.3, -0.25) is 4.79 Å². The van der Waals surface area contributed by atoms with Gasteiger partial charge in [0.1, 0.15) is 5.82 Å². The van der Waals surface area contributed by atoms with E-state index in [0.717, 1.165) is 25.9 Å². The second-order valence-corrected chi connectivity index (χ2v) is 4.66. The zero-order chi connectivity index (χ0) is 13.0. The Kier molecular flexibility index (Phi) is 4.07. The van der Waals surface area contributed by atoms with Gasteiger partial charge in [0.2, 0.25) is 5.91 Å². The first-order valence-corrected chi connectivity index (χ1v) is 6.30. The Morgan fingerprint density at radius 3 is 2.72 bits per heavy atom. The molecule has 2 heterocycles. The molecule has 1 aliphatic heterocycles. The number of nitrogens with zero attached hydrogens (tertiary/aromatic N) is 4. The topological polar surface area (TPSA) is 67.6 Å². The maximum absolute atomic E-state index is 12.1. The van der Waals surface area contributed by atoms with Crippen molar-refractivity contribution in [2.24, 2.45) is 12.2 Å². The van der Waals surface area contributed by atoms with Crippen molar-refractivity contribution in [3.63, 3.8) is 0 Å². The van der Waals surface area contributed by atoms with E-state index in [1.54, 1.807) is 24.0 Å². The number of imidazole rings is 1. The molecule has 6 heteroatoms. The van der Waals surface area contributed by atoms with E-state index in [2.05, 4.69) is 10.2 Å². The number of carbonyl (C=O) groups is 1. The van der Waals surface area contributed by atoms with E-state index < -0.39 is 6.04 Å². The summed E-state index contributed by atoms with van der Waals surface area (Å²) in [6.07, 6.45) is 6.76. The normalized spacial score (nSPS) is 17.5.